The maximum Gasteiger partial charge on any atom is 0.412 e. The van der Waals surface area contributed by atoms with Gasteiger partial charge in [-0.15, -0.1) is 0 Å². The van der Waals surface area contributed by atoms with Crippen molar-refractivity contribution in [3.63, 3.8) is 0 Å². The summed E-state index contributed by atoms with van der Waals surface area (Å²) in [5.74, 6) is -0.412. The normalized spacial score (nSPS) is 14.5. The fraction of sp³-hybridized carbons (Fsp3) is 0.333. The number of rotatable bonds is 5. The monoisotopic (exact) mass is 453 g/mol. The maximum atomic E-state index is 12.9. The number of thioether (sulfide) groups is 1. The van der Waals surface area contributed by atoms with Crippen molar-refractivity contribution in [1.82, 2.24) is 5.32 Å². The zero-order valence-corrected chi connectivity index (χ0v) is 19.0. The van der Waals surface area contributed by atoms with Gasteiger partial charge in [0.05, 0.1) is 18.5 Å². The van der Waals surface area contributed by atoms with E-state index >= 15 is 0 Å². The Morgan fingerprint density at radius 2 is 1.72 bits per heavy atom. The lowest BCUT2D eigenvalue weighted by Crippen LogP contribution is -2.30. The van der Waals surface area contributed by atoms with Crippen LogP contribution < -0.4 is 10.6 Å². The van der Waals surface area contributed by atoms with Gasteiger partial charge in [-0.2, -0.15) is 0 Å². The lowest BCUT2D eigenvalue weighted by Gasteiger charge is -2.21. The fourth-order valence-corrected chi connectivity index (χ4v) is 4.67. The van der Waals surface area contributed by atoms with Crippen LogP contribution in [-0.2, 0) is 9.53 Å². The molecule has 0 aliphatic heterocycles. The Balaban J connectivity index is 1.98. The van der Waals surface area contributed by atoms with Gasteiger partial charge in [-0.1, -0.05) is 61.4 Å². The van der Waals surface area contributed by atoms with Crippen molar-refractivity contribution >= 4 is 46.1 Å². The molecule has 0 unspecified atom stereocenters. The molecule has 1 saturated carbocycles. The molecule has 0 aromatic heterocycles. The number of amides is 2. The summed E-state index contributed by atoms with van der Waals surface area (Å²) in [6.07, 6.45) is 4.95. The van der Waals surface area contributed by atoms with E-state index in [4.69, 9.17) is 4.74 Å². The molecule has 2 aromatic rings. The van der Waals surface area contributed by atoms with Crippen molar-refractivity contribution in [2.75, 3.05) is 12.4 Å². The highest BCUT2D eigenvalue weighted by atomic mass is 32.2. The number of ketones is 1. The highest BCUT2D eigenvalue weighted by molar-refractivity contribution is 8.14. The summed E-state index contributed by atoms with van der Waals surface area (Å²) in [5, 5.41) is 6.13. The number of benzene rings is 2. The minimum atomic E-state index is -0.621. The molecule has 2 amide bonds. The first-order valence-electron chi connectivity index (χ1n) is 10.6. The van der Waals surface area contributed by atoms with Gasteiger partial charge in [0.15, 0.2) is 11.0 Å². The van der Waals surface area contributed by atoms with Gasteiger partial charge in [0.25, 0.3) is 0 Å². The molecular weight excluding hydrogens is 426 g/mol. The zero-order valence-electron chi connectivity index (χ0n) is 18.2. The van der Waals surface area contributed by atoms with Gasteiger partial charge >= 0.3 is 6.09 Å². The van der Waals surface area contributed by atoms with Crippen molar-refractivity contribution in [2.45, 2.75) is 44.3 Å². The number of hydrogen-bond donors (Lipinski definition) is 2. The summed E-state index contributed by atoms with van der Waals surface area (Å²) in [4.78, 5) is 41.2. The van der Waals surface area contributed by atoms with E-state index in [0.29, 0.717) is 32.9 Å². The highest BCUT2D eigenvalue weighted by Crippen LogP contribution is 2.32. The summed E-state index contributed by atoms with van der Waals surface area (Å²) in [5.41, 5.74) is 1.83. The van der Waals surface area contributed by atoms with Crippen LogP contribution in [0.2, 0.25) is 0 Å². The van der Waals surface area contributed by atoms with Gasteiger partial charge in [0.2, 0.25) is 5.91 Å². The van der Waals surface area contributed by atoms with Crippen LogP contribution in [0.3, 0.4) is 0 Å². The number of amidine groups is 1. The first kappa shape index (κ1) is 23.5. The average Bonchev–Trinajstić information content (AvgIpc) is 2.80. The molecule has 0 heterocycles. The predicted octanol–water partition coefficient (Wildman–Crippen LogP) is 5.29. The van der Waals surface area contributed by atoms with Crippen LogP contribution in [0.25, 0.3) is 0 Å². The van der Waals surface area contributed by atoms with E-state index in [9.17, 15) is 14.4 Å². The Kier molecular flexibility index (Phi) is 8.44. The third-order valence-electron chi connectivity index (χ3n) is 5.05. The van der Waals surface area contributed by atoms with Crippen LogP contribution in [-0.4, -0.2) is 35.3 Å². The quantitative estimate of drug-likeness (QED) is 0.364. The number of nitrogens with zero attached hydrogens (tertiary/aromatic N) is 1. The van der Waals surface area contributed by atoms with E-state index in [-0.39, 0.29) is 11.7 Å². The molecule has 0 saturated heterocycles. The van der Waals surface area contributed by atoms with Gasteiger partial charge in [-0.05, 0) is 31.0 Å². The van der Waals surface area contributed by atoms with Crippen molar-refractivity contribution in [3.05, 3.63) is 59.7 Å². The molecule has 0 atom stereocenters. The number of nitrogens with one attached hydrogen (secondary N) is 2. The third kappa shape index (κ3) is 6.68. The molecule has 1 fully saturated rings. The number of aliphatic imine (C=N–C) groups is 1. The molecule has 0 radical (unpaired) electrons. The van der Waals surface area contributed by atoms with E-state index in [1.54, 1.807) is 42.5 Å². The van der Waals surface area contributed by atoms with E-state index < -0.39 is 6.09 Å². The van der Waals surface area contributed by atoms with Crippen LogP contribution in [0.1, 0.15) is 54.9 Å². The van der Waals surface area contributed by atoms with Crippen LogP contribution in [0.4, 0.5) is 16.2 Å². The summed E-state index contributed by atoms with van der Waals surface area (Å²) in [6.45, 7) is 1.40. The summed E-state index contributed by atoms with van der Waals surface area (Å²) >= 11 is 1.48. The zero-order chi connectivity index (χ0) is 22.9. The standard InChI is InChI=1S/C24H27N3O4S/c1-16(28)25-20-14-13-18(22(29)17-9-5-3-6-10-17)15-21(20)26-23(27-24(30)31-2)32-19-11-7-4-8-12-19/h3,5-6,9-10,13-15,19H,4,7-8,11-12H2,1-2H3,(H,25,28)(H,26,27,30). The van der Waals surface area contributed by atoms with Crippen molar-refractivity contribution < 1.29 is 19.1 Å². The maximum absolute atomic E-state index is 12.9. The second kappa shape index (κ2) is 11.5. The number of carbonyl (C=O) groups excluding carboxylic acids is 3. The molecule has 7 nitrogen and oxygen atoms in total. The fourth-order valence-electron chi connectivity index (χ4n) is 3.49. The number of methoxy groups -OCH3 is 1. The minimum Gasteiger partial charge on any atom is -0.453 e. The Hall–Kier alpha value is -3.13. The molecule has 0 spiro atoms. The number of anilines is 1. The highest BCUT2D eigenvalue weighted by Gasteiger charge is 2.20. The van der Waals surface area contributed by atoms with Crippen LogP contribution in [0.5, 0.6) is 0 Å². The Morgan fingerprint density at radius 1 is 1.00 bits per heavy atom. The first-order chi connectivity index (χ1) is 15.5. The lowest BCUT2D eigenvalue weighted by molar-refractivity contribution is -0.114. The SMILES string of the molecule is COC(=O)NC(=Nc1cc(C(=O)c2ccccc2)ccc1NC(C)=O)SC1CCCCC1. The van der Waals surface area contributed by atoms with Gasteiger partial charge in [-0.25, -0.2) is 9.79 Å². The second-order valence-corrected chi connectivity index (χ2v) is 8.81. The van der Waals surface area contributed by atoms with E-state index in [2.05, 4.69) is 15.6 Å². The van der Waals surface area contributed by atoms with Crippen LogP contribution in [0, 0.1) is 0 Å². The average molecular weight is 454 g/mol. The molecule has 0 bridgehead atoms. The predicted molar refractivity (Wildman–Crippen MR) is 128 cm³/mol. The van der Waals surface area contributed by atoms with Crippen molar-refractivity contribution in [3.8, 4) is 0 Å². The van der Waals surface area contributed by atoms with E-state index in [0.717, 1.165) is 25.7 Å². The van der Waals surface area contributed by atoms with Crippen molar-refractivity contribution in [1.29, 1.82) is 0 Å². The molecule has 168 valence electrons. The van der Waals surface area contributed by atoms with Gasteiger partial charge in [0, 0.05) is 23.3 Å². The van der Waals surface area contributed by atoms with E-state index in [1.165, 1.54) is 32.2 Å². The first-order valence-corrected chi connectivity index (χ1v) is 11.5. The number of alkyl carbamates (subject to hydrolysis) is 1. The second-order valence-electron chi connectivity index (χ2n) is 7.52. The molecule has 1 aliphatic rings. The molecular formula is C24H27N3O4S. The Labute approximate surface area is 192 Å². The number of hydrogen-bond acceptors (Lipinski definition) is 6. The Morgan fingerprint density at radius 3 is 2.38 bits per heavy atom. The molecule has 2 N–H and O–H groups in total. The molecule has 8 heteroatoms. The summed E-state index contributed by atoms with van der Waals surface area (Å²) in [6, 6.07) is 13.9. The number of ether oxygens (including phenoxy) is 1. The van der Waals surface area contributed by atoms with Crippen molar-refractivity contribution in [2.24, 2.45) is 4.99 Å². The van der Waals surface area contributed by atoms with Gasteiger partial charge in [-0.3, -0.25) is 14.9 Å². The smallest absolute Gasteiger partial charge is 0.412 e. The summed E-state index contributed by atoms with van der Waals surface area (Å²) in [7, 11) is 1.29. The largest absolute Gasteiger partial charge is 0.453 e. The molecule has 1 aliphatic carbocycles. The van der Waals surface area contributed by atoms with Gasteiger partial charge < -0.3 is 10.1 Å². The van der Waals surface area contributed by atoms with E-state index in [1.807, 2.05) is 6.07 Å². The summed E-state index contributed by atoms with van der Waals surface area (Å²) < 4.78 is 4.75. The molecule has 32 heavy (non-hydrogen) atoms. The van der Waals surface area contributed by atoms with Gasteiger partial charge in [0.1, 0.15) is 0 Å². The molecule has 3 rings (SSSR count). The number of carbonyl (C=O) groups is 3. The Bertz CT molecular complexity index is 1000. The third-order valence-corrected chi connectivity index (χ3v) is 6.27. The minimum absolute atomic E-state index is 0.154. The topological polar surface area (TPSA) is 96.9 Å². The van der Waals surface area contributed by atoms with Crippen LogP contribution in [0.15, 0.2) is 53.5 Å². The van der Waals surface area contributed by atoms with Crippen LogP contribution >= 0.6 is 11.8 Å². The lowest BCUT2D eigenvalue weighted by atomic mass is 10.0. The molecule has 2 aromatic carbocycles.